The maximum Gasteiger partial charge on any atom is 0.339 e. The van der Waals surface area contributed by atoms with E-state index >= 15 is 0 Å². The van der Waals surface area contributed by atoms with Gasteiger partial charge in [0.15, 0.2) is 0 Å². The molecule has 1 atom stereocenters. The second kappa shape index (κ2) is 6.16. The monoisotopic (exact) mass is 267 g/mol. The molecule has 6 heteroatoms. The summed E-state index contributed by atoms with van der Waals surface area (Å²) in [4.78, 5) is 13.2. The molecule has 2 rings (SSSR count). The minimum Gasteiger partial charge on any atom is -0.478 e. The number of nitrogens with zero attached hydrogens (tertiary/aromatic N) is 3. The van der Waals surface area contributed by atoms with E-state index in [0.29, 0.717) is 6.54 Å². The van der Waals surface area contributed by atoms with Gasteiger partial charge in [-0.25, -0.2) is 4.79 Å². The number of ether oxygens (including phenoxy) is 1. The van der Waals surface area contributed by atoms with Crippen molar-refractivity contribution in [3.05, 3.63) is 17.5 Å². The third kappa shape index (κ3) is 3.54. The van der Waals surface area contributed by atoms with Crippen LogP contribution in [-0.2, 0) is 18.3 Å². The number of hydrogen-bond donors (Lipinski definition) is 1. The van der Waals surface area contributed by atoms with Crippen LogP contribution in [0.5, 0.6) is 0 Å². The molecule has 1 fully saturated rings. The SMILES string of the molecule is CN(Cc1c(C(=O)O)cnn1C)CC1CCCCO1. The highest BCUT2D eigenvalue weighted by atomic mass is 16.5. The first-order valence-corrected chi connectivity index (χ1v) is 6.62. The molecule has 0 radical (unpaired) electrons. The van der Waals surface area contributed by atoms with Crippen LogP contribution < -0.4 is 0 Å². The van der Waals surface area contributed by atoms with Crippen LogP contribution in [0.15, 0.2) is 6.20 Å². The van der Waals surface area contributed by atoms with Gasteiger partial charge in [0.05, 0.1) is 18.0 Å². The number of carbonyl (C=O) groups is 1. The van der Waals surface area contributed by atoms with Crippen LogP contribution in [0.25, 0.3) is 0 Å². The normalized spacial score (nSPS) is 19.8. The summed E-state index contributed by atoms with van der Waals surface area (Å²) in [6.45, 7) is 2.23. The minimum atomic E-state index is -0.926. The molecular weight excluding hydrogens is 246 g/mol. The van der Waals surface area contributed by atoms with Crippen molar-refractivity contribution in [2.24, 2.45) is 7.05 Å². The van der Waals surface area contributed by atoms with E-state index in [4.69, 9.17) is 9.84 Å². The van der Waals surface area contributed by atoms with Crippen molar-refractivity contribution in [3.8, 4) is 0 Å². The molecule has 0 bridgehead atoms. The topological polar surface area (TPSA) is 67.6 Å². The van der Waals surface area contributed by atoms with Crippen LogP contribution in [0.3, 0.4) is 0 Å². The van der Waals surface area contributed by atoms with Crippen LogP contribution in [0.4, 0.5) is 0 Å². The first-order valence-electron chi connectivity index (χ1n) is 6.62. The van der Waals surface area contributed by atoms with Crippen LogP contribution in [0.1, 0.15) is 35.3 Å². The molecule has 1 saturated heterocycles. The fraction of sp³-hybridized carbons (Fsp3) is 0.692. The van der Waals surface area contributed by atoms with Crippen molar-refractivity contribution in [2.45, 2.75) is 31.9 Å². The molecule has 1 aromatic heterocycles. The Morgan fingerprint density at radius 3 is 3.05 bits per heavy atom. The van der Waals surface area contributed by atoms with E-state index in [0.717, 1.165) is 31.7 Å². The largest absolute Gasteiger partial charge is 0.478 e. The van der Waals surface area contributed by atoms with E-state index in [-0.39, 0.29) is 11.7 Å². The van der Waals surface area contributed by atoms with Crippen molar-refractivity contribution in [1.82, 2.24) is 14.7 Å². The van der Waals surface area contributed by atoms with Crippen molar-refractivity contribution in [3.63, 3.8) is 0 Å². The van der Waals surface area contributed by atoms with E-state index in [9.17, 15) is 4.79 Å². The second-order valence-electron chi connectivity index (χ2n) is 5.12. The van der Waals surface area contributed by atoms with E-state index in [1.165, 1.54) is 12.6 Å². The summed E-state index contributed by atoms with van der Waals surface area (Å²) in [6, 6.07) is 0. The Morgan fingerprint density at radius 1 is 1.63 bits per heavy atom. The molecule has 1 unspecified atom stereocenters. The Morgan fingerprint density at radius 2 is 2.42 bits per heavy atom. The van der Waals surface area contributed by atoms with Gasteiger partial charge in [-0.2, -0.15) is 5.10 Å². The molecule has 0 spiro atoms. The molecule has 106 valence electrons. The summed E-state index contributed by atoms with van der Waals surface area (Å²) in [6.07, 6.45) is 5.11. The van der Waals surface area contributed by atoms with E-state index < -0.39 is 5.97 Å². The maximum absolute atomic E-state index is 11.1. The molecule has 1 N–H and O–H groups in total. The second-order valence-corrected chi connectivity index (χ2v) is 5.12. The number of likely N-dealkylation sites (N-methyl/N-ethyl adjacent to an activating group) is 1. The molecule has 1 aliphatic heterocycles. The van der Waals surface area contributed by atoms with Gasteiger partial charge in [0, 0.05) is 26.7 Å². The zero-order chi connectivity index (χ0) is 13.8. The molecule has 1 aliphatic rings. The zero-order valence-electron chi connectivity index (χ0n) is 11.5. The quantitative estimate of drug-likeness (QED) is 0.866. The fourth-order valence-corrected chi connectivity index (χ4v) is 2.45. The average Bonchev–Trinajstić information content (AvgIpc) is 2.72. The Hall–Kier alpha value is -1.40. The van der Waals surface area contributed by atoms with Crippen molar-refractivity contribution < 1.29 is 14.6 Å². The number of carboxylic acids is 1. The van der Waals surface area contributed by atoms with Crippen LogP contribution in [0.2, 0.25) is 0 Å². The predicted molar refractivity (Wildman–Crippen MR) is 70.1 cm³/mol. The van der Waals surface area contributed by atoms with E-state index in [1.807, 2.05) is 7.05 Å². The lowest BCUT2D eigenvalue weighted by Crippen LogP contribution is -2.33. The van der Waals surface area contributed by atoms with Gasteiger partial charge in [0.25, 0.3) is 0 Å². The van der Waals surface area contributed by atoms with Gasteiger partial charge >= 0.3 is 5.97 Å². The van der Waals surface area contributed by atoms with Gasteiger partial charge in [-0.3, -0.25) is 9.58 Å². The van der Waals surface area contributed by atoms with Gasteiger partial charge in [0.2, 0.25) is 0 Å². The van der Waals surface area contributed by atoms with Gasteiger partial charge in [0.1, 0.15) is 5.56 Å². The number of hydrogen-bond acceptors (Lipinski definition) is 4. The van der Waals surface area contributed by atoms with Gasteiger partial charge in [-0.05, 0) is 26.3 Å². The number of aromatic carboxylic acids is 1. The molecule has 0 amide bonds. The van der Waals surface area contributed by atoms with Crippen molar-refractivity contribution in [1.29, 1.82) is 0 Å². The smallest absolute Gasteiger partial charge is 0.339 e. The lowest BCUT2D eigenvalue weighted by molar-refractivity contribution is -0.00292. The number of carboxylic acid groups (broad SMARTS) is 1. The number of aromatic nitrogens is 2. The van der Waals surface area contributed by atoms with Gasteiger partial charge in [-0.15, -0.1) is 0 Å². The lowest BCUT2D eigenvalue weighted by atomic mass is 10.1. The molecule has 6 nitrogen and oxygen atoms in total. The third-order valence-electron chi connectivity index (χ3n) is 3.50. The summed E-state index contributed by atoms with van der Waals surface area (Å²) in [5.74, 6) is -0.926. The number of aryl methyl sites for hydroxylation is 1. The van der Waals surface area contributed by atoms with Crippen molar-refractivity contribution >= 4 is 5.97 Å². The molecular formula is C13H21N3O3. The van der Waals surface area contributed by atoms with Crippen LogP contribution >= 0.6 is 0 Å². The van der Waals surface area contributed by atoms with Gasteiger partial charge < -0.3 is 9.84 Å². The Bertz CT molecular complexity index is 438. The molecule has 0 saturated carbocycles. The van der Waals surface area contributed by atoms with Crippen LogP contribution in [0, 0.1) is 0 Å². The Kier molecular flexibility index (Phi) is 4.55. The Balaban J connectivity index is 1.96. The zero-order valence-corrected chi connectivity index (χ0v) is 11.5. The lowest BCUT2D eigenvalue weighted by Gasteiger charge is -2.27. The molecule has 2 heterocycles. The first-order chi connectivity index (χ1) is 9.08. The fourth-order valence-electron chi connectivity index (χ4n) is 2.45. The summed E-state index contributed by atoms with van der Waals surface area (Å²) >= 11 is 0. The van der Waals surface area contributed by atoms with E-state index in [1.54, 1.807) is 11.7 Å². The highest BCUT2D eigenvalue weighted by Crippen LogP contribution is 2.15. The standard InChI is InChI=1S/C13H21N3O3/c1-15(8-10-5-3-4-6-19-10)9-12-11(13(17)18)7-14-16(12)2/h7,10H,3-6,8-9H2,1-2H3,(H,17,18). The van der Waals surface area contributed by atoms with Crippen molar-refractivity contribution in [2.75, 3.05) is 20.2 Å². The predicted octanol–water partition coefficient (Wildman–Crippen LogP) is 1.12. The summed E-state index contributed by atoms with van der Waals surface area (Å²) < 4.78 is 7.32. The highest BCUT2D eigenvalue weighted by molar-refractivity contribution is 5.88. The molecule has 0 aliphatic carbocycles. The summed E-state index contributed by atoms with van der Waals surface area (Å²) in [7, 11) is 3.75. The van der Waals surface area contributed by atoms with Crippen LogP contribution in [-0.4, -0.2) is 52.1 Å². The average molecular weight is 267 g/mol. The molecule has 0 aromatic carbocycles. The highest BCUT2D eigenvalue weighted by Gasteiger charge is 2.19. The third-order valence-corrected chi connectivity index (χ3v) is 3.50. The first kappa shape index (κ1) is 14.0. The maximum atomic E-state index is 11.1. The van der Waals surface area contributed by atoms with Gasteiger partial charge in [-0.1, -0.05) is 0 Å². The van der Waals surface area contributed by atoms with E-state index in [2.05, 4.69) is 10.00 Å². The molecule has 1 aromatic rings. The summed E-state index contributed by atoms with van der Waals surface area (Å²) in [5, 5.41) is 13.1. The minimum absolute atomic E-state index is 0.264. The Labute approximate surface area is 113 Å². The number of rotatable bonds is 5. The molecule has 19 heavy (non-hydrogen) atoms. The summed E-state index contributed by atoms with van der Waals surface area (Å²) in [5.41, 5.74) is 1.00.